The third kappa shape index (κ3) is 3.40. The van der Waals surface area contributed by atoms with Gasteiger partial charge in [-0.15, -0.1) is 0 Å². The van der Waals surface area contributed by atoms with Crippen LogP contribution in [0.2, 0.25) is 0 Å². The van der Waals surface area contributed by atoms with E-state index in [1.54, 1.807) is 12.1 Å². The fraction of sp³-hybridized carbons (Fsp3) is 0.200. The van der Waals surface area contributed by atoms with Crippen molar-refractivity contribution < 1.29 is 4.39 Å². The third-order valence-electron chi connectivity index (χ3n) is 2.87. The Morgan fingerprint density at radius 1 is 1.17 bits per heavy atom. The molecule has 2 rings (SSSR count). The second-order valence-electron chi connectivity index (χ2n) is 4.25. The molecule has 0 aliphatic rings. The van der Waals surface area contributed by atoms with Gasteiger partial charge in [0.1, 0.15) is 5.82 Å². The molecule has 0 saturated carbocycles. The fourth-order valence-corrected chi connectivity index (χ4v) is 2.48. The van der Waals surface area contributed by atoms with E-state index in [4.69, 9.17) is 0 Å². The maximum atomic E-state index is 13.0. The van der Waals surface area contributed by atoms with Crippen LogP contribution in [0.4, 0.5) is 4.39 Å². The molecular formula is C15H15BrFN. The lowest BCUT2D eigenvalue weighted by Gasteiger charge is -2.15. The van der Waals surface area contributed by atoms with Gasteiger partial charge in [0.2, 0.25) is 0 Å². The van der Waals surface area contributed by atoms with E-state index in [-0.39, 0.29) is 11.9 Å². The predicted octanol–water partition coefficient (Wildman–Crippen LogP) is 4.44. The molecule has 0 aliphatic carbocycles. The SMILES string of the molecule is C[C@H](NCc1cccc(F)c1)c1ccccc1Br. The largest absolute Gasteiger partial charge is 0.306 e. The van der Waals surface area contributed by atoms with Crippen LogP contribution in [-0.4, -0.2) is 0 Å². The molecule has 1 atom stereocenters. The van der Waals surface area contributed by atoms with Crippen LogP contribution < -0.4 is 5.32 Å². The van der Waals surface area contributed by atoms with Gasteiger partial charge in [0.05, 0.1) is 0 Å². The molecule has 0 bridgehead atoms. The first-order chi connectivity index (χ1) is 8.66. The summed E-state index contributed by atoms with van der Waals surface area (Å²) in [4.78, 5) is 0. The average molecular weight is 308 g/mol. The zero-order valence-electron chi connectivity index (χ0n) is 10.2. The number of benzene rings is 2. The Morgan fingerprint density at radius 2 is 1.94 bits per heavy atom. The molecule has 0 saturated heterocycles. The van der Waals surface area contributed by atoms with Gasteiger partial charge in [-0.1, -0.05) is 46.3 Å². The van der Waals surface area contributed by atoms with Gasteiger partial charge in [-0.3, -0.25) is 0 Å². The number of hydrogen-bond donors (Lipinski definition) is 1. The summed E-state index contributed by atoms with van der Waals surface area (Å²) in [5, 5.41) is 3.39. The Labute approximate surface area is 115 Å². The van der Waals surface area contributed by atoms with E-state index < -0.39 is 0 Å². The van der Waals surface area contributed by atoms with Crippen molar-refractivity contribution in [3.63, 3.8) is 0 Å². The molecule has 0 heterocycles. The summed E-state index contributed by atoms with van der Waals surface area (Å²) in [6, 6.07) is 15.0. The number of rotatable bonds is 4. The summed E-state index contributed by atoms with van der Waals surface area (Å²) in [6.07, 6.45) is 0. The van der Waals surface area contributed by atoms with Crippen molar-refractivity contribution in [3.8, 4) is 0 Å². The van der Waals surface area contributed by atoms with Gasteiger partial charge < -0.3 is 5.32 Å². The molecule has 1 N–H and O–H groups in total. The molecule has 3 heteroatoms. The Balaban J connectivity index is 2.00. The summed E-state index contributed by atoms with van der Waals surface area (Å²) in [5.41, 5.74) is 2.16. The lowest BCUT2D eigenvalue weighted by Crippen LogP contribution is -2.18. The van der Waals surface area contributed by atoms with Crippen molar-refractivity contribution >= 4 is 15.9 Å². The van der Waals surface area contributed by atoms with Gasteiger partial charge in [0.25, 0.3) is 0 Å². The van der Waals surface area contributed by atoms with E-state index in [0.29, 0.717) is 6.54 Å². The molecule has 2 aromatic rings. The molecule has 0 fully saturated rings. The van der Waals surface area contributed by atoms with Gasteiger partial charge in [-0.25, -0.2) is 4.39 Å². The molecular weight excluding hydrogens is 293 g/mol. The van der Waals surface area contributed by atoms with Crippen molar-refractivity contribution in [1.82, 2.24) is 5.32 Å². The van der Waals surface area contributed by atoms with Gasteiger partial charge in [-0.2, -0.15) is 0 Å². The monoisotopic (exact) mass is 307 g/mol. The molecule has 2 aromatic carbocycles. The second kappa shape index (κ2) is 6.12. The Hall–Kier alpha value is -1.19. The highest BCUT2D eigenvalue weighted by Gasteiger charge is 2.07. The number of nitrogens with one attached hydrogen (secondary N) is 1. The molecule has 0 amide bonds. The van der Waals surface area contributed by atoms with E-state index in [0.717, 1.165) is 10.0 Å². The normalized spacial score (nSPS) is 12.4. The van der Waals surface area contributed by atoms with E-state index in [2.05, 4.69) is 34.2 Å². The highest BCUT2D eigenvalue weighted by Crippen LogP contribution is 2.22. The van der Waals surface area contributed by atoms with Crippen molar-refractivity contribution in [2.75, 3.05) is 0 Å². The number of hydrogen-bond acceptors (Lipinski definition) is 1. The minimum absolute atomic E-state index is 0.192. The highest BCUT2D eigenvalue weighted by atomic mass is 79.9. The van der Waals surface area contributed by atoms with Crippen molar-refractivity contribution in [1.29, 1.82) is 0 Å². The van der Waals surface area contributed by atoms with E-state index in [9.17, 15) is 4.39 Å². The Bertz CT molecular complexity index is 527. The van der Waals surface area contributed by atoms with Crippen molar-refractivity contribution in [2.24, 2.45) is 0 Å². The summed E-state index contributed by atoms with van der Waals surface area (Å²) in [5.74, 6) is -0.192. The van der Waals surface area contributed by atoms with Crippen LogP contribution in [0.25, 0.3) is 0 Å². The lowest BCUT2D eigenvalue weighted by atomic mass is 10.1. The molecule has 18 heavy (non-hydrogen) atoms. The minimum atomic E-state index is -0.192. The third-order valence-corrected chi connectivity index (χ3v) is 3.60. The van der Waals surface area contributed by atoms with Crippen LogP contribution in [0.3, 0.4) is 0 Å². The maximum Gasteiger partial charge on any atom is 0.123 e. The smallest absolute Gasteiger partial charge is 0.123 e. The summed E-state index contributed by atoms with van der Waals surface area (Å²) in [6.45, 7) is 2.75. The van der Waals surface area contributed by atoms with Crippen LogP contribution >= 0.6 is 15.9 Å². The standard InChI is InChI=1S/C15H15BrFN/c1-11(14-7-2-3-8-15(14)16)18-10-12-5-4-6-13(17)9-12/h2-9,11,18H,10H2,1H3/t11-/m0/s1. The Kier molecular flexibility index (Phi) is 4.50. The van der Waals surface area contributed by atoms with Crippen LogP contribution in [-0.2, 0) is 6.54 Å². The first-order valence-electron chi connectivity index (χ1n) is 5.89. The van der Waals surface area contributed by atoms with Gasteiger partial charge >= 0.3 is 0 Å². The highest BCUT2D eigenvalue weighted by molar-refractivity contribution is 9.10. The molecule has 0 radical (unpaired) electrons. The van der Waals surface area contributed by atoms with Crippen LogP contribution in [0, 0.1) is 5.82 Å². The predicted molar refractivity (Wildman–Crippen MR) is 75.8 cm³/mol. The Morgan fingerprint density at radius 3 is 2.67 bits per heavy atom. The first kappa shape index (κ1) is 13.2. The summed E-state index contributed by atoms with van der Waals surface area (Å²) < 4.78 is 14.1. The second-order valence-corrected chi connectivity index (χ2v) is 5.11. The van der Waals surface area contributed by atoms with Crippen LogP contribution in [0.5, 0.6) is 0 Å². The summed E-state index contributed by atoms with van der Waals surface area (Å²) >= 11 is 3.53. The molecule has 0 spiro atoms. The fourth-order valence-electron chi connectivity index (χ4n) is 1.85. The van der Waals surface area contributed by atoms with Gasteiger partial charge in [-0.05, 0) is 36.2 Å². The quantitative estimate of drug-likeness (QED) is 0.880. The van der Waals surface area contributed by atoms with Gasteiger partial charge in [0.15, 0.2) is 0 Å². The van der Waals surface area contributed by atoms with Gasteiger partial charge in [0, 0.05) is 17.1 Å². The molecule has 94 valence electrons. The van der Waals surface area contributed by atoms with Crippen LogP contribution in [0.1, 0.15) is 24.1 Å². The average Bonchev–Trinajstić information content (AvgIpc) is 2.37. The van der Waals surface area contributed by atoms with Crippen LogP contribution in [0.15, 0.2) is 53.0 Å². The van der Waals surface area contributed by atoms with E-state index >= 15 is 0 Å². The zero-order chi connectivity index (χ0) is 13.0. The minimum Gasteiger partial charge on any atom is -0.306 e. The molecule has 0 aliphatic heterocycles. The topological polar surface area (TPSA) is 12.0 Å². The zero-order valence-corrected chi connectivity index (χ0v) is 11.7. The number of halogens is 2. The molecule has 0 aromatic heterocycles. The van der Waals surface area contributed by atoms with Crippen molar-refractivity contribution in [3.05, 3.63) is 69.9 Å². The lowest BCUT2D eigenvalue weighted by molar-refractivity contribution is 0.567. The maximum absolute atomic E-state index is 13.0. The summed E-state index contributed by atoms with van der Waals surface area (Å²) in [7, 11) is 0. The van der Waals surface area contributed by atoms with E-state index in [1.165, 1.54) is 11.6 Å². The van der Waals surface area contributed by atoms with Crippen molar-refractivity contribution in [2.45, 2.75) is 19.5 Å². The molecule has 1 nitrogen and oxygen atoms in total. The van der Waals surface area contributed by atoms with E-state index in [1.807, 2.05) is 24.3 Å². The molecule has 0 unspecified atom stereocenters. The first-order valence-corrected chi connectivity index (χ1v) is 6.68.